The molecule has 4 heteroatoms. The number of carbonyl (C=O) groups excluding carboxylic acids is 1. The van der Waals surface area contributed by atoms with Crippen molar-refractivity contribution < 1.29 is 20.1 Å². The van der Waals surface area contributed by atoms with Gasteiger partial charge in [0.15, 0.2) is 0 Å². The first kappa shape index (κ1) is 16.0. The largest absolute Gasteiger partial charge is 0.393 e. The first-order valence-corrected chi connectivity index (χ1v) is 9.36. The molecule has 4 aliphatic carbocycles. The fourth-order valence-electron chi connectivity index (χ4n) is 7.01. The molecule has 4 fully saturated rings. The van der Waals surface area contributed by atoms with Gasteiger partial charge < -0.3 is 15.3 Å². The predicted octanol–water partition coefficient (Wildman–Crippen LogP) is 1.90. The zero-order valence-corrected chi connectivity index (χ0v) is 14.2. The molecule has 23 heavy (non-hydrogen) atoms. The molecule has 4 aliphatic rings. The van der Waals surface area contributed by atoms with Crippen molar-refractivity contribution in [2.45, 2.75) is 77.1 Å². The van der Waals surface area contributed by atoms with Crippen LogP contribution in [0.1, 0.15) is 58.8 Å². The van der Waals surface area contributed by atoms with Crippen LogP contribution in [0.15, 0.2) is 0 Å². The minimum absolute atomic E-state index is 0.0183. The van der Waals surface area contributed by atoms with Gasteiger partial charge in [0.2, 0.25) is 0 Å². The van der Waals surface area contributed by atoms with Gasteiger partial charge in [0, 0.05) is 11.8 Å². The van der Waals surface area contributed by atoms with Crippen LogP contribution in [-0.4, -0.2) is 39.4 Å². The Morgan fingerprint density at radius 1 is 0.913 bits per heavy atom. The summed E-state index contributed by atoms with van der Waals surface area (Å²) >= 11 is 0. The molecule has 0 saturated heterocycles. The lowest BCUT2D eigenvalue weighted by Gasteiger charge is -2.62. The van der Waals surface area contributed by atoms with Crippen LogP contribution in [0, 0.1) is 34.5 Å². The topological polar surface area (TPSA) is 77.8 Å². The number of rotatable bonds is 0. The lowest BCUT2D eigenvalue weighted by atomic mass is 9.44. The van der Waals surface area contributed by atoms with Crippen LogP contribution in [0.3, 0.4) is 0 Å². The van der Waals surface area contributed by atoms with Crippen LogP contribution in [0.2, 0.25) is 0 Å². The summed E-state index contributed by atoms with van der Waals surface area (Å²) in [6.07, 6.45) is 3.82. The van der Waals surface area contributed by atoms with Gasteiger partial charge >= 0.3 is 0 Å². The number of fused-ring (bicyclic) bond motifs is 5. The number of Topliss-reactive ketones (excluding diaryl/α,β-unsaturated/α-hetero) is 1. The van der Waals surface area contributed by atoms with Gasteiger partial charge in [-0.05, 0) is 67.6 Å². The second-order valence-corrected chi connectivity index (χ2v) is 9.23. The van der Waals surface area contributed by atoms with E-state index in [0.29, 0.717) is 24.5 Å². The third kappa shape index (κ3) is 1.98. The van der Waals surface area contributed by atoms with Crippen LogP contribution >= 0.6 is 0 Å². The normalized spacial score (nSPS) is 59.2. The van der Waals surface area contributed by atoms with Crippen LogP contribution in [-0.2, 0) is 4.79 Å². The van der Waals surface area contributed by atoms with E-state index < -0.39 is 12.2 Å². The van der Waals surface area contributed by atoms with Crippen molar-refractivity contribution in [1.29, 1.82) is 0 Å². The van der Waals surface area contributed by atoms with E-state index in [4.69, 9.17) is 0 Å². The van der Waals surface area contributed by atoms with E-state index in [1.807, 2.05) is 0 Å². The van der Waals surface area contributed by atoms with E-state index in [2.05, 4.69) is 13.8 Å². The quantitative estimate of drug-likeness (QED) is 0.636. The fourth-order valence-corrected chi connectivity index (χ4v) is 7.01. The van der Waals surface area contributed by atoms with Gasteiger partial charge in [-0.3, -0.25) is 4.79 Å². The van der Waals surface area contributed by atoms with Gasteiger partial charge in [-0.15, -0.1) is 0 Å². The molecule has 4 nitrogen and oxygen atoms in total. The third-order valence-electron chi connectivity index (χ3n) is 8.43. The number of aliphatic hydroxyl groups excluding tert-OH is 3. The molecule has 130 valence electrons. The Hall–Kier alpha value is -0.450. The Morgan fingerprint density at radius 3 is 2.39 bits per heavy atom. The smallest absolute Gasteiger partial charge is 0.139 e. The van der Waals surface area contributed by atoms with Gasteiger partial charge in [-0.25, -0.2) is 0 Å². The lowest BCUT2D eigenvalue weighted by Crippen LogP contribution is -2.64. The van der Waals surface area contributed by atoms with Crippen molar-refractivity contribution in [2.75, 3.05) is 0 Å². The summed E-state index contributed by atoms with van der Waals surface area (Å²) in [6, 6.07) is 0. The average molecular weight is 322 g/mol. The highest BCUT2D eigenvalue weighted by Gasteiger charge is 2.64. The maximum Gasteiger partial charge on any atom is 0.139 e. The van der Waals surface area contributed by atoms with E-state index in [-0.39, 0.29) is 34.7 Å². The van der Waals surface area contributed by atoms with Gasteiger partial charge in [-0.2, -0.15) is 0 Å². The number of carbonyl (C=O) groups is 1. The first-order chi connectivity index (χ1) is 10.8. The molecular formula is C19H30O4. The van der Waals surface area contributed by atoms with Gasteiger partial charge in [-0.1, -0.05) is 13.8 Å². The van der Waals surface area contributed by atoms with Crippen molar-refractivity contribution in [3.05, 3.63) is 0 Å². The van der Waals surface area contributed by atoms with Crippen molar-refractivity contribution in [3.8, 4) is 0 Å². The third-order valence-corrected chi connectivity index (χ3v) is 8.43. The standard InChI is InChI=1S/C19H30O4/c1-18-7-5-10(20)9-13(18)16(22)17(23)15-11-3-4-14(21)19(11,2)8-6-12(15)18/h10-13,15-17,20,22-23H,3-9H2,1-2H3. The summed E-state index contributed by atoms with van der Waals surface area (Å²) < 4.78 is 0. The molecule has 0 aliphatic heterocycles. The molecule has 0 spiro atoms. The van der Waals surface area contributed by atoms with E-state index in [0.717, 1.165) is 32.1 Å². The molecule has 0 bridgehead atoms. The molecule has 4 rings (SSSR count). The summed E-state index contributed by atoms with van der Waals surface area (Å²) in [7, 11) is 0. The fraction of sp³-hybridized carbons (Fsp3) is 0.947. The van der Waals surface area contributed by atoms with E-state index >= 15 is 0 Å². The molecule has 4 saturated carbocycles. The highest BCUT2D eigenvalue weighted by molar-refractivity contribution is 5.87. The molecule has 0 aromatic carbocycles. The average Bonchev–Trinajstić information content (AvgIpc) is 2.82. The molecule has 3 N–H and O–H groups in total. The Bertz CT molecular complexity index is 519. The zero-order valence-electron chi connectivity index (χ0n) is 14.2. The van der Waals surface area contributed by atoms with Crippen LogP contribution in [0.25, 0.3) is 0 Å². The highest BCUT2D eigenvalue weighted by Crippen LogP contribution is 2.65. The molecule has 0 aromatic rings. The van der Waals surface area contributed by atoms with E-state index in [1.165, 1.54) is 0 Å². The van der Waals surface area contributed by atoms with Crippen molar-refractivity contribution >= 4 is 5.78 Å². The molecule has 0 heterocycles. The SMILES string of the molecule is CC12CCC3C(C(O)C(O)C4CC(O)CCC43C)C1CCC2=O. The van der Waals surface area contributed by atoms with Crippen LogP contribution < -0.4 is 0 Å². The zero-order chi connectivity index (χ0) is 16.6. The molecule has 0 radical (unpaired) electrons. The number of ketones is 1. The van der Waals surface area contributed by atoms with Crippen LogP contribution in [0.4, 0.5) is 0 Å². The molecule has 9 unspecified atom stereocenters. The second kappa shape index (κ2) is 5.03. The molecule has 0 aromatic heterocycles. The monoisotopic (exact) mass is 322 g/mol. The van der Waals surface area contributed by atoms with Crippen molar-refractivity contribution in [2.24, 2.45) is 34.5 Å². The van der Waals surface area contributed by atoms with Gasteiger partial charge in [0.25, 0.3) is 0 Å². The number of hydrogen-bond acceptors (Lipinski definition) is 4. The van der Waals surface area contributed by atoms with Crippen molar-refractivity contribution in [1.82, 2.24) is 0 Å². The first-order valence-electron chi connectivity index (χ1n) is 9.36. The Morgan fingerprint density at radius 2 is 1.65 bits per heavy atom. The predicted molar refractivity (Wildman–Crippen MR) is 85.5 cm³/mol. The summed E-state index contributed by atoms with van der Waals surface area (Å²) in [6.45, 7) is 4.34. The summed E-state index contributed by atoms with van der Waals surface area (Å²) in [5.74, 6) is 0.940. The molecule has 9 atom stereocenters. The summed E-state index contributed by atoms with van der Waals surface area (Å²) in [5.41, 5.74) is -0.311. The maximum absolute atomic E-state index is 12.4. The summed E-state index contributed by atoms with van der Waals surface area (Å²) in [4.78, 5) is 12.4. The minimum Gasteiger partial charge on any atom is -0.393 e. The molecular weight excluding hydrogens is 292 g/mol. The number of aliphatic hydroxyl groups is 3. The van der Waals surface area contributed by atoms with E-state index in [1.54, 1.807) is 0 Å². The van der Waals surface area contributed by atoms with E-state index in [9.17, 15) is 20.1 Å². The number of hydrogen-bond donors (Lipinski definition) is 3. The Balaban J connectivity index is 1.73. The second-order valence-electron chi connectivity index (χ2n) is 9.23. The van der Waals surface area contributed by atoms with Gasteiger partial charge in [0.1, 0.15) is 5.78 Å². The Labute approximate surface area is 138 Å². The van der Waals surface area contributed by atoms with Crippen LogP contribution in [0.5, 0.6) is 0 Å². The summed E-state index contributed by atoms with van der Waals surface area (Å²) in [5, 5.41) is 31.8. The maximum atomic E-state index is 12.4. The Kier molecular flexibility index (Phi) is 3.51. The van der Waals surface area contributed by atoms with Crippen molar-refractivity contribution in [3.63, 3.8) is 0 Å². The van der Waals surface area contributed by atoms with Gasteiger partial charge in [0.05, 0.1) is 18.3 Å². The highest BCUT2D eigenvalue weighted by atomic mass is 16.3. The molecule has 0 amide bonds. The lowest BCUT2D eigenvalue weighted by molar-refractivity contribution is -0.219. The minimum atomic E-state index is -0.769.